The van der Waals surface area contributed by atoms with Gasteiger partial charge in [0.2, 0.25) is 0 Å². The van der Waals surface area contributed by atoms with Crippen LogP contribution in [0.1, 0.15) is 0 Å². The minimum absolute atomic E-state index is 0. The van der Waals surface area contributed by atoms with Crippen molar-refractivity contribution in [3.8, 4) is 11.5 Å². The first-order chi connectivity index (χ1) is 6.81. The molecule has 84 valence electrons. The SMILES string of the molecule is Cl.NCC(O)C1COc2ccccc2O1. The third-order valence-corrected chi connectivity index (χ3v) is 2.20. The largest absolute Gasteiger partial charge is 0.486 e. The molecule has 1 aliphatic heterocycles. The first-order valence-electron chi connectivity index (χ1n) is 4.58. The molecule has 0 radical (unpaired) electrons. The van der Waals surface area contributed by atoms with Gasteiger partial charge in [-0.3, -0.25) is 0 Å². The Hall–Kier alpha value is -0.970. The zero-order chi connectivity index (χ0) is 9.97. The Morgan fingerprint density at radius 2 is 2.07 bits per heavy atom. The topological polar surface area (TPSA) is 64.7 Å². The van der Waals surface area contributed by atoms with Gasteiger partial charge in [-0.1, -0.05) is 12.1 Å². The number of fused-ring (bicyclic) bond motifs is 1. The molecule has 15 heavy (non-hydrogen) atoms. The summed E-state index contributed by atoms with van der Waals surface area (Å²) in [4.78, 5) is 0. The van der Waals surface area contributed by atoms with E-state index in [1.807, 2.05) is 24.3 Å². The number of hydrogen-bond acceptors (Lipinski definition) is 4. The molecule has 0 fully saturated rings. The van der Waals surface area contributed by atoms with Crippen molar-refractivity contribution in [3.05, 3.63) is 24.3 Å². The van der Waals surface area contributed by atoms with Gasteiger partial charge in [0.05, 0.1) is 0 Å². The molecule has 0 aliphatic carbocycles. The lowest BCUT2D eigenvalue weighted by Gasteiger charge is -2.28. The molecule has 2 atom stereocenters. The van der Waals surface area contributed by atoms with Crippen molar-refractivity contribution in [2.45, 2.75) is 12.2 Å². The predicted molar refractivity (Wildman–Crippen MR) is 58.7 cm³/mol. The minimum Gasteiger partial charge on any atom is -0.486 e. The molecule has 4 nitrogen and oxygen atoms in total. The number of aliphatic hydroxyl groups is 1. The Balaban J connectivity index is 0.00000112. The minimum atomic E-state index is -0.677. The molecular formula is C10H14ClNO3. The lowest BCUT2D eigenvalue weighted by atomic mass is 10.2. The number of hydrogen-bond donors (Lipinski definition) is 2. The predicted octanol–water partition coefficient (Wildman–Crippen LogP) is 0.568. The zero-order valence-electron chi connectivity index (χ0n) is 8.13. The van der Waals surface area contributed by atoms with Crippen LogP contribution in [-0.4, -0.2) is 30.5 Å². The van der Waals surface area contributed by atoms with Gasteiger partial charge in [0, 0.05) is 6.54 Å². The van der Waals surface area contributed by atoms with Crippen LogP contribution in [0.5, 0.6) is 11.5 Å². The van der Waals surface area contributed by atoms with Crippen LogP contribution in [0.15, 0.2) is 24.3 Å². The second-order valence-corrected chi connectivity index (χ2v) is 3.22. The van der Waals surface area contributed by atoms with Crippen molar-refractivity contribution in [1.29, 1.82) is 0 Å². The first-order valence-corrected chi connectivity index (χ1v) is 4.58. The van der Waals surface area contributed by atoms with Crippen LogP contribution >= 0.6 is 12.4 Å². The fourth-order valence-corrected chi connectivity index (χ4v) is 1.38. The maximum Gasteiger partial charge on any atom is 0.161 e. The maximum absolute atomic E-state index is 9.48. The molecule has 1 aliphatic rings. The maximum atomic E-state index is 9.48. The van der Waals surface area contributed by atoms with Gasteiger partial charge in [-0.25, -0.2) is 0 Å². The van der Waals surface area contributed by atoms with Crippen LogP contribution in [-0.2, 0) is 0 Å². The summed E-state index contributed by atoms with van der Waals surface area (Å²) >= 11 is 0. The Morgan fingerprint density at radius 1 is 1.40 bits per heavy atom. The summed E-state index contributed by atoms with van der Waals surface area (Å²) in [5.74, 6) is 1.38. The molecule has 0 saturated carbocycles. The second-order valence-electron chi connectivity index (χ2n) is 3.22. The molecule has 3 N–H and O–H groups in total. The van der Waals surface area contributed by atoms with E-state index in [-0.39, 0.29) is 25.1 Å². The average Bonchev–Trinajstić information content (AvgIpc) is 2.27. The summed E-state index contributed by atoms with van der Waals surface area (Å²) in [6.45, 7) is 0.519. The number of halogens is 1. The third kappa shape index (κ3) is 2.53. The molecule has 0 bridgehead atoms. The van der Waals surface area contributed by atoms with Crippen molar-refractivity contribution < 1.29 is 14.6 Å². The van der Waals surface area contributed by atoms with E-state index in [0.717, 1.165) is 0 Å². The van der Waals surface area contributed by atoms with Crippen molar-refractivity contribution in [2.24, 2.45) is 5.73 Å². The van der Waals surface area contributed by atoms with E-state index in [0.29, 0.717) is 18.1 Å². The highest BCUT2D eigenvalue weighted by atomic mass is 35.5. The Labute approximate surface area is 94.4 Å². The number of ether oxygens (including phenoxy) is 2. The van der Waals surface area contributed by atoms with E-state index in [4.69, 9.17) is 15.2 Å². The quantitative estimate of drug-likeness (QED) is 0.781. The third-order valence-electron chi connectivity index (χ3n) is 2.20. The molecule has 1 heterocycles. The molecule has 0 saturated heterocycles. The molecule has 0 aromatic heterocycles. The second kappa shape index (κ2) is 5.21. The highest BCUT2D eigenvalue weighted by Crippen LogP contribution is 2.31. The van der Waals surface area contributed by atoms with Gasteiger partial charge in [-0.2, -0.15) is 0 Å². The number of nitrogens with two attached hydrogens (primary N) is 1. The van der Waals surface area contributed by atoms with Crippen LogP contribution in [0.4, 0.5) is 0 Å². The lowest BCUT2D eigenvalue weighted by molar-refractivity contribution is -0.00530. The van der Waals surface area contributed by atoms with Crippen molar-refractivity contribution in [2.75, 3.05) is 13.2 Å². The Bertz CT molecular complexity index is 321. The van der Waals surface area contributed by atoms with Crippen LogP contribution < -0.4 is 15.2 Å². The fourth-order valence-electron chi connectivity index (χ4n) is 1.38. The molecule has 2 rings (SSSR count). The van der Waals surface area contributed by atoms with Crippen molar-refractivity contribution in [3.63, 3.8) is 0 Å². The molecule has 2 unspecified atom stereocenters. The molecule has 1 aromatic rings. The zero-order valence-corrected chi connectivity index (χ0v) is 8.94. The summed E-state index contributed by atoms with van der Waals surface area (Å²) in [6, 6.07) is 7.38. The highest BCUT2D eigenvalue weighted by molar-refractivity contribution is 5.85. The van der Waals surface area contributed by atoms with Crippen LogP contribution in [0.3, 0.4) is 0 Å². The summed E-state index contributed by atoms with van der Waals surface area (Å²) in [5, 5.41) is 9.48. The molecule has 0 amide bonds. The molecule has 0 spiro atoms. The summed E-state index contributed by atoms with van der Waals surface area (Å²) in [7, 11) is 0. The number of aliphatic hydroxyl groups excluding tert-OH is 1. The average molecular weight is 232 g/mol. The van der Waals surface area contributed by atoms with E-state index in [1.54, 1.807) is 0 Å². The van der Waals surface area contributed by atoms with E-state index in [1.165, 1.54) is 0 Å². The van der Waals surface area contributed by atoms with Gasteiger partial charge >= 0.3 is 0 Å². The van der Waals surface area contributed by atoms with Gasteiger partial charge in [-0.15, -0.1) is 12.4 Å². The van der Waals surface area contributed by atoms with E-state index in [9.17, 15) is 5.11 Å². The smallest absolute Gasteiger partial charge is 0.161 e. The Kier molecular flexibility index (Phi) is 4.20. The van der Waals surface area contributed by atoms with E-state index in [2.05, 4.69) is 0 Å². The van der Waals surface area contributed by atoms with Gasteiger partial charge < -0.3 is 20.3 Å². The van der Waals surface area contributed by atoms with Crippen LogP contribution in [0.2, 0.25) is 0 Å². The standard InChI is InChI=1S/C10H13NO3.ClH/c11-5-7(12)10-6-13-8-3-1-2-4-9(8)14-10;/h1-4,7,10,12H,5-6,11H2;1H. The molecular weight excluding hydrogens is 218 g/mol. The number of benzene rings is 1. The van der Waals surface area contributed by atoms with Gasteiger partial charge in [-0.05, 0) is 12.1 Å². The first kappa shape index (κ1) is 12.1. The molecule has 5 heteroatoms. The Morgan fingerprint density at radius 3 is 2.73 bits per heavy atom. The van der Waals surface area contributed by atoms with Crippen LogP contribution in [0, 0.1) is 0 Å². The van der Waals surface area contributed by atoms with E-state index < -0.39 is 6.10 Å². The van der Waals surface area contributed by atoms with Crippen molar-refractivity contribution in [1.82, 2.24) is 0 Å². The monoisotopic (exact) mass is 231 g/mol. The van der Waals surface area contributed by atoms with Crippen molar-refractivity contribution >= 4 is 12.4 Å². The molecule has 1 aromatic carbocycles. The summed E-state index contributed by atoms with van der Waals surface area (Å²) in [5.41, 5.74) is 5.34. The van der Waals surface area contributed by atoms with Crippen LogP contribution in [0.25, 0.3) is 0 Å². The number of para-hydroxylation sites is 2. The highest BCUT2D eigenvalue weighted by Gasteiger charge is 2.26. The lowest BCUT2D eigenvalue weighted by Crippen LogP contribution is -2.43. The van der Waals surface area contributed by atoms with Gasteiger partial charge in [0.1, 0.15) is 12.7 Å². The summed E-state index contributed by atoms with van der Waals surface area (Å²) in [6.07, 6.45) is -1.04. The fraction of sp³-hybridized carbons (Fsp3) is 0.400. The normalized spacial score (nSPS) is 20.3. The van der Waals surface area contributed by atoms with E-state index >= 15 is 0 Å². The van der Waals surface area contributed by atoms with Gasteiger partial charge in [0.25, 0.3) is 0 Å². The number of rotatable bonds is 2. The summed E-state index contributed by atoms with van der Waals surface area (Å²) < 4.78 is 10.9. The van der Waals surface area contributed by atoms with Gasteiger partial charge in [0.15, 0.2) is 17.6 Å².